The molecule has 0 radical (unpaired) electrons. The van der Waals surface area contributed by atoms with Crippen molar-refractivity contribution >= 4 is 32.8 Å². The van der Waals surface area contributed by atoms with Crippen LogP contribution in [0.1, 0.15) is 18.4 Å². The van der Waals surface area contributed by atoms with Crippen LogP contribution >= 0.6 is 0 Å². The number of sulfone groups is 1. The first-order valence-electron chi connectivity index (χ1n) is 11.7. The van der Waals surface area contributed by atoms with E-state index in [0.29, 0.717) is 31.6 Å². The van der Waals surface area contributed by atoms with Gasteiger partial charge in [-0.15, -0.1) is 0 Å². The van der Waals surface area contributed by atoms with E-state index >= 15 is 0 Å². The second-order valence-electron chi connectivity index (χ2n) is 8.95. The number of nitrogens with one attached hydrogen (secondary N) is 1. The first kappa shape index (κ1) is 25.9. The third kappa shape index (κ3) is 4.90. The minimum Gasteiger partial charge on any atom is -0.351 e. The van der Waals surface area contributed by atoms with Gasteiger partial charge in [0.15, 0.2) is 16.6 Å². The smallest absolute Gasteiger partial charge is 0.351 e. The van der Waals surface area contributed by atoms with Gasteiger partial charge in [0.1, 0.15) is 12.1 Å². The van der Waals surface area contributed by atoms with Gasteiger partial charge >= 0.3 is 5.69 Å². The fourth-order valence-electron chi connectivity index (χ4n) is 4.77. The maximum Gasteiger partial charge on any atom is 0.353 e. The van der Waals surface area contributed by atoms with E-state index in [4.69, 9.17) is 14.5 Å². The molecule has 0 spiro atoms. The maximum absolute atomic E-state index is 14.7. The van der Waals surface area contributed by atoms with Crippen LogP contribution in [0.15, 0.2) is 59.8 Å². The molecule has 1 unspecified atom stereocenters. The highest BCUT2D eigenvalue weighted by Crippen LogP contribution is 2.46. The van der Waals surface area contributed by atoms with Crippen LogP contribution in [0.4, 0.5) is 27.4 Å². The fraction of sp³-hybridized carbons (Fsp3) is 0.333. The van der Waals surface area contributed by atoms with E-state index in [0.717, 1.165) is 6.26 Å². The fourth-order valence-corrected chi connectivity index (χ4v) is 5.40. The van der Waals surface area contributed by atoms with Gasteiger partial charge in [0, 0.05) is 36.5 Å². The number of halogens is 1. The molecule has 14 heteroatoms. The van der Waals surface area contributed by atoms with Crippen molar-refractivity contribution in [3.8, 4) is 0 Å². The zero-order valence-corrected chi connectivity index (χ0v) is 21.1. The predicted molar refractivity (Wildman–Crippen MR) is 133 cm³/mol. The molecule has 3 heterocycles. The van der Waals surface area contributed by atoms with Gasteiger partial charge in [-0.25, -0.2) is 27.7 Å². The number of ether oxygens (including phenoxy) is 1. The number of hydrogen-bond donors (Lipinski definition) is 1. The van der Waals surface area contributed by atoms with E-state index in [1.165, 1.54) is 36.7 Å². The molecule has 2 aromatic carbocycles. The summed E-state index contributed by atoms with van der Waals surface area (Å²) in [6, 6.07) is 12.0. The number of nitro groups is 1. The standard InChI is InChI=1S/C24H24FN5O7S/c1-38(33,34)18-8-6-17(7-9-18)28-22-21(30(31)32)23(27-14-26-22)29-12-10-16(11-13-29)24(35-15-36-37-24)19-4-2-3-5-20(19)25/h2-9,14,16H,10-13,15H2,1H3,(H,26,27,28). The molecule has 0 bridgehead atoms. The monoisotopic (exact) mass is 545 g/mol. The molecule has 1 N–H and O–H groups in total. The molecular weight excluding hydrogens is 521 g/mol. The molecule has 12 nitrogen and oxygen atoms in total. The molecule has 200 valence electrons. The Bertz CT molecular complexity index is 1440. The van der Waals surface area contributed by atoms with E-state index in [9.17, 15) is 22.9 Å². The lowest BCUT2D eigenvalue weighted by atomic mass is 9.83. The molecule has 5 rings (SSSR count). The first-order valence-corrected chi connectivity index (χ1v) is 13.6. The number of piperidine rings is 1. The van der Waals surface area contributed by atoms with Crippen molar-refractivity contribution < 1.29 is 32.2 Å². The molecule has 1 aromatic heterocycles. The third-order valence-corrected chi connectivity index (χ3v) is 7.74. The van der Waals surface area contributed by atoms with Crippen LogP contribution in [0.5, 0.6) is 0 Å². The summed E-state index contributed by atoms with van der Waals surface area (Å²) in [5.41, 5.74) is 0.335. The Morgan fingerprint density at radius 3 is 2.45 bits per heavy atom. The van der Waals surface area contributed by atoms with Crippen LogP contribution in [0.3, 0.4) is 0 Å². The van der Waals surface area contributed by atoms with Gasteiger partial charge in [-0.2, -0.15) is 4.89 Å². The Morgan fingerprint density at radius 1 is 1.13 bits per heavy atom. The summed E-state index contributed by atoms with van der Waals surface area (Å²) >= 11 is 0. The second kappa shape index (κ2) is 10.2. The molecule has 2 saturated heterocycles. The minimum absolute atomic E-state index is 0.0343. The van der Waals surface area contributed by atoms with Crippen molar-refractivity contribution in [1.29, 1.82) is 0 Å². The van der Waals surface area contributed by atoms with Gasteiger partial charge in [0.2, 0.25) is 17.4 Å². The number of benzene rings is 2. The van der Waals surface area contributed by atoms with E-state index in [1.54, 1.807) is 23.1 Å². The van der Waals surface area contributed by atoms with Crippen molar-refractivity contribution in [3.63, 3.8) is 0 Å². The van der Waals surface area contributed by atoms with Crippen molar-refractivity contribution in [2.24, 2.45) is 5.92 Å². The summed E-state index contributed by atoms with van der Waals surface area (Å²) in [5.74, 6) is -2.09. The molecule has 2 aliphatic heterocycles. The van der Waals surface area contributed by atoms with Gasteiger partial charge in [-0.3, -0.25) is 10.1 Å². The Labute approximate surface area is 217 Å². The molecule has 0 saturated carbocycles. The molecule has 0 amide bonds. The van der Waals surface area contributed by atoms with Gasteiger partial charge in [0.05, 0.1) is 9.82 Å². The highest BCUT2D eigenvalue weighted by molar-refractivity contribution is 7.90. The molecule has 3 aromatic rings. The van der Waals surface area contributed by atoms with Crippen molar-refractivity contribution in [2.45, 2.75) is 23.5 Å². The molecular formula is C24H24FN5O7S. The van der Waals surface area contributed by atoms with Crippen molar-refractivity contribution in [2.75, 3.05) is 36.4 Å². The minimum atomic E-state index is -3.39. The molecule has 2 fully saturated rings. The Hall–Kier alpha value is -3.72. The summed E-state index contributed by atoms with van der Waals surface area (Å²) in [4.78, 5) is 32.2. The van der Waals surface area contributed by atoms with Crippen LogP contribution in [-0.2, 0) is 30.1 Å². The van der Waals surface area contributed by atoms with Crippen LogP contribution in [-0.4, -0.2) is 49.4 Å². The average molecular weight is 546 g/mol. The summed E-state index contributed by atoms with van der Waals surface area (Å²) < 4.78 is 43.9. The van der Waals surface area contributed by atoms with Gasteiger partial charge in [-0.05, 0) is 43.2 Å². The molecule has 38 heavy (non-hydrogen) atoms. The van der Waals surface area contributed by atoms with Crippen LogP contribution < -0.4 is 10.2 Å². The molecule has 1 atom stereocenters. The Kier molecular flexibility index (Phi) is 6.96. The van der Waals surface area contributed by atoms with E-state index in [2.05, 4.69) is 15.3 Å². The number of aromatic nitrogens is 2. The SMILES string of the molecule is CS(=O)(=O)c1ccc(Nc2ncnc(N3CCC(C4(c5ccccc5F)OCOO4)CC3)c2[N+](=O)[O-])cc1. The molecule has 0 aliphatic carbocycles. The van der Waals surface area contributed by atoms with E-state index in [-0.39, 0.29) is 40.5 Å². The van der Waals surface area contributed by atoms with Gasteiger partial charge < -0.3 is 15.0 Å². The van der Waals surface area contributed by atoms with Crippen LogP contribution in [0.25, 0.3) is 0 Å². The number of rotatable bonds is 7. The lowest BCUT2D eigenvalue weighted by Crippen LogP contribution is -2.45. The topological polar surface area (TPSA) is 146 Å². The van der Waals surface area contributed by atoms with E-state index < -0.39 is 26.4 Å². The normalized spacial score (nSPS) is 20.4. The first-order chi connectivity index (χ1) is 18.2. The summed E-state index contributed by atoms with van der Waals surface area (Å²) in [7, 11) is -3.39. The van der Waals surface area contributed by atoms with Crippen LogP contribution in [0.2, 0.25) is 0 Å². The lowest BCUT2D eigenvalue weighted by molar-refractivity contribution is -0.383. The number of hydrogen-bond acceptors (Lipinski definition) is 11. The summed E-state index contributed by atoms with van der Waals surface area (Å²) in [6.07, 6.45) is 3.22. The van der Waals surface area contributed by atoms with E-state index in [1.807, 2.05) is 0 Å². The van der Waals surface area contributed by atoms with Crippen molar-refractivity contribution in [1.82, 2.24) is 9.97 Å². The highest BCUT2D eigenvalue weighted by atomic mass is 32.2. The maximum atomic E-state index is 14.7. The number of anilines is 3. The zero-order valence-electron chi connectivity index (χ0n) is 20.2. The predicted octanol–water partition coefficient (Wildman–Crippen LogP) is 3.68. The van der Waals surface area contributed by atoms with Gasteiger partial charge in [0.25, 0.3) is 0 Å². The average Bonchev–Trinajstić information content (AvgIpc) is 3.39. The third-order valence-electron chi connectivity index (χ3n) is 6.62. The quantitative estimate of drug-likeness (QED) is 0.263. The number of nitrogens with zero attached hydrogens (tertiary/aromatic N) is 4. The summed E-state index contributed by atoms with van der Waals surface area (Å²) in [6.45, 7) is 0.563. The largest absolute Gasteiger partial charge is 0.353 e. The summed E-state index contributed by atoms with van der Waals surface area (Å²) in [5, 5.41) is 15.0. The Morgan fingerprint density at radius 2 is 1.84 bits per heavy atom. The van der Waals surface area contributed by atoms with Crippen molar-refractivity contribution in [3.05, 3.63) is 76.4 Å². The van der Waals surface area contributed by atoms with Crippen LogP contribution in [0, 0.1) is 21.8 Å². The lowest BCUT2D eigenvalue weighted by Gasteiger charge is -2.39. The highest BCUT2D eigenvalue weighted by Gasteiger charge is 2.50. The molecule has 2 aliphatic rings. The second-order valence-corrected chi connectivity index (χ2v) is 11.0. The Balaban J connectivity index is 1.37. The zero-order chi connectivity index (χ0) is 26.9. The van der Waals surface area contributed by atoms with Gasteiger partial charge in [-0.1, -0.05) is 18.2 Å².